The fourth-order valence-electron chi connectivity index (χ4n) is 4.75. The van der Waals surface area contributed by atoms with Gasteiger partial charge in [-0.1, -0.05) is 38.1 Å². The lowest BCUT2D eigenvalue weighted by molar-refractivity contribution is -0.662. The normalized spacial score (nSPS) is 13.4. The highest BCUT2D eigenvalue weighted by molar-refractivity contribution is 6.05. The van der Waals surface area contributed by atoms with Gasteiger partial charge < -0.3 is 4.74 Å². The van der Waals surface area contributed by atoms with Gasteiger partial charge in [0, 0.05) is 5.56 Å². The number of aromatic nitrogens is 2. The molecule has 1 aliphatic heterocycles. The lowest BCUT2D eigenvalue weighted by Gasteiger charge is -2.28. The van der Waals surface area contributed by atoms with Crippen LogP contribution < -0.4 is 9.30 Å². The topological polar surface area (TPSA) is 26.0 Å². The molecule has 0 saturated heterocycles. The summed E-state index contributed by atoms with van der Waals surface area (Å²) < 4.78 is 49.0. The van der Waals surface area contributed by atoms with E-state index in [9.17, 15) is 13.2 Å². The first-order valence-corrected chi connectivity index (χ1v) is 10.6. The van der Waals surface area contributed by atoms with Crippen LogP contribution in [0.5, 0.6) is 11.5 Å². The summed E-state index contributed by atoms with van der Waals surface area (Å²) in [6, 6.07) is 11.7. The van der Waals surface area contributed by atoms with Crippen LogP contribution in [-0.4, -0.2) is 11.2 Å². The van der Waals surface area contributed by atoms with Crippen molar-refractivity contribution in [1.82, 2.24) is 4.98 Å². The Morgan fingerprint density at radius 1 is 1.00 bits per heavy atom. The van der Waals surface area contributed by atoms with Gasteiger partial charge in [0.1, 0.15) is 16.9 Å². The molecule has 2 heterocycles. The Morgan fingerprint density at radius 3 is 2.31 bits per heavy atom. The van der Waals surface area contributed by atoms with Crippen LogP contribution in [0, 0.1) is 19.3 Å². The van der Waals surface area contributed by atoms with Crippen molar-refractivity contribution in [1.29, 1.82) is 0 Å². The van der Waals surface area contributed by atoms with Gasteiger partial charge in [-0.15, -0.1) is 0 Å². The van der Waals surface area contributed by atoms with Crippen LogP contribution in [0.25, 0.3) is 32.9 Å². The van der Waals surface area contributed by atoms with Gasteiger partial charge in [-0.05, 0) is 59.3 Å². The summed E-state index contributed by atoms with van der Waals surface area (Å²) in [6.45, 7) is 6.56. The molecule has 1 aliphatic rings. The molecule has 0 N–H and O–H groups in total. The minimum Gasteiger partial charge on any atom is -0.455 e. The first-order valence-electron chi connectivity index (χ1n) is 10.6. The van der Waals surface area contributed by atoms with Crippen LogP contribution in [0.2, 0.25) is 0 Å². The van der Waals surface area contributed by atoms with Crippen LogP contribution >= 0.6 is 0 Å². The Kier molecular flexibility index (Phi) is 4.32. The summed E-state index contributed by atoms with van der Waals surface area (Å²) in [5.74, 6) is 1.31. The third kappa shape index (κ3) is 2.89. The number of benzene rings is 3. The first-order chi connectivity index (χ1) is 15.0. The number of rotatable bonds is 2. The van der Waals surface area contributed by atoms with Crippen molar-refractivity contribution in [3.8, 4) is 22.8 Å². The van der Waals surface area contributed by atoms with Gasteiger partial charge in [0.25, 0.3) is 6.33 Å². The van der Waals surface area contributed by atoms with Gasteiger partial charge in [0.2, 0.25) is 0 Å². The summed E-state index contributed by atoms with van der Waals surface area (Å²) in [6.07, 6.45) is -2.73. The van der Waals surface area contributed by atoms with Crippen molar-refractivity contribution in [2.24, 2.45) is 12.5 Å². The molecule has 6 heteroatoms. The van der Waals surface area contributed by atoms with Crippen LogP contribution in [0.15, 0.2) is 42.7 Å². The maximum atomic E-state index is 13.5. The number of hydrogen-bond acceptors (Lipinski definition) is 2. The predicted octanol–water partition coefficient (Wildman–Crippen LogP) is 6.73. The number of halogens is 3. The Labute approximate surface area is 184 Å². The minimum atomic E-state index is -4.30. The van der Waals surface area contributed by atoms with Crippen molar-refractivity contribution in [2.75, 3.05) is 0 Å². The second-order valence-corrected chi connectivity index (χ2v) is 9.35. The van der Waals surface area contributed by atoms with E-state index in [0.29, 0.717) is 16.8 Å². The van der Waals surface area contributed by atoms with Crippen LogP contribution in [0.4, 0.5) is 13.2 Å². The lowest BCUT2D eigenvalue weighted by atomic mass is 9.84. The average molecular weight is 437 g/mol. The molecular weight excluding hydrogens is 413 g/mol. The largest absolute Gasteiger partial charge is 0.455 e. The second-order valence-electron chi connectivity index (χ2n) is 9.35. The molecule has 0 unspecified atom stereocenters. The molecule has 0 fully saturated rings. The van der Waals surface area contributed by atoms with E-state index < -0.39 is 11.6 Å². The molecule has 3 nitrogen and oxygen atoms in total. The van der Waals surface area contributed by atoms with Gasteiger partial charge in [0.15, 0.2) is 11.2 Å². The van der Waals surface area contributed by atoms with Crippen LogP contribution in [-0.2, 0) is 13.5 Å². The Bertz CT molecular complexity index is 1420. The average Bonchev–Trinajstić information content (AvgIpc) is 2.72. The highest BCUT2D eigenvalue weighted by atomic mass is 19.4. The Hall–Kier alpha value is -3.15. The lowest BCUT2D eigenvalue weighted by Crippen LogP contribution is -2.34. The van der Waals surface area contributed by atoms with Crippen molar-refractivity contribution in [2.45, 2.75) is 40.3 Å². The molecule has 3 aromatic carbocycles. The SMILES string of the molecule is Cc1c2c(c(C)c3ccccc13)-c1c3c(cc(CC(C)(C)C(F)(F)F)cc3nc[n+]1C)O2. The second kappa shape index (κ2) is 6.67. The molecule has 0 radical (unpaired) electrons. The van der Waals surface area contributed by atoms with E-state index in [-0.39, 0.29) is 6.42 Å². The highest BCUT2D eigenvalue weighted by Gasteiger charge is 2.47. The monoisotopic (exact) mass is 437 g/mol. The quantitative estimate of drug-likeness (QED) is 0.286. The molecule has 0 amide bonds. The van der Waals surface area contributed by atoms with Crippen LogP contribution in [0.1, 0.15) is 30.5 Å². The van der Waals surface area contributed by atoms with E-state index in [0.717, 1.165) is 44.3 Å². The number of ether oxygens (including phenoxy) is 1. The van der Waals surface area contributed by atoms with Gasteiger partial charge in [-0.25, -0.2) is 4.57 Å². The summed E-state index contributed by atoms with van der Waals surface area (Å²) in [7, 11) is 1.94. The summed E-state index contributed by atoms with van der Waals surface area (Å²) in [4.78, 5) is 4.53. The molecule has 5 rings (SSSR count). The van der Waals surface area contributed by atoms with Gasteiger partial charge in [0.05, 0.1) is 18.0 Å². The van der Waals surface area contributed by atoms with E-state index in [1.165, 1.54) is 13.8 Å². The number of nitrogens with zero attached hydrogens (tertiary/aromatic N) is 2. The number of alkyl halides is 3. The molecule has 0 saturated carbocycles. The minimum absolute atomic E-state index is 0.149. The zero-order valence-electron chi connectivity index (χ0n) is 18.7. The molecule has 1 aromatic heterocycles. The van der Waals surface area contributed by atoms with Crippen molar-refractivity contribution < 1.29 is 22.5 Å². The smallest absolute Gasteiger partial charge is 0.394 e. The van der Waals surface area contributed by atoms with E-state index >= 15 is 0 Å². The highest BCUT2D eigenvalue weighted by Crippen LogP contribution is 2.50. The summed E-state index contributed by atoms with van der Waals surface area (Å²) in [5, 5.41) is 3.09. The fourth-order valence-corrected chi connectivity index (χ4v) is 4.75. The molecule has 164 valence electrons. The van der Waals surface area contributed by atoms with E-state index in [4.69, 9.17) is 4.74 Å². The molecule has 0 bridgehead atoms. The molecular formula is C26H24F3N2O+. The summed E-state index contributed by atoms with van der Waals surface area (Å²) in [5.41, 5.74) is 3.44. The van der Waals surface area contributed by atoms with Gasteiger partial charge in [-0.3, -0.25) is 0 Å². The van der Waals surface area contributed by atoms with Crippen LogP contribution in [0.3, 0.4) is 0 Å². The molecule has 4 aromatic rings. The molecule has 0 atom stereocenters. The van der Waals surface area contributed by atoms with Crippen molar-refractivity contribution in [3.63, 3.8) is 0 Å². The maximum absolute atomic E-state index is 13.5. The number of fused-ring (bicyclic) bond motifs is 3. The van der Waals surface area contributed by atoms with Gasteiger partial charge >= 0.3 is 6.18 Å². The number of aryl methyl sites for hydroxylation is 3. The maximum Gasteiger partial charge on any atom is 0.394 e. The van der Waals surface area contributed by atoms with Gasteiger partial charge in [-0.2, -0.15) is 13.2 Å². The first kappa shape index (κ1) is 20.7. The standard InChI is InChI=1S/C26H24F3N2O/c1-14-17-8-6-7-9-18(17)15(2)24-21(14)23-22-19(30-13-31(23)5)10-16(11-20(22)32-24)12-25(3,4)26(27,28)29/h6-11,13H,12H2,1-5H3/q+1. The summed E-state index contributed by atoms with van der Waals surface area (Å²) >= 11 is 0. The zero-order chi connectivity index (χ0) is 23.0. The van der Waals surface area contributed by atoms with Crippen molar-refractivity contribution >= 4 is 21.7 Å². The molecule has 0 spiro atoms. The number of hydrogen-bond donors (Lipinski definition) is 0. The Balaban J connectivity index is 1.80. The Morgan fingerprint density at radius 2 is 1.66 bits per heavy atom. The van der Waals surface area contributed by atoms with Crippen molar-refractivity contribution in [3.05, 3.63) is 59.4 Å². The van der Waals surface area contributed by atoms with E-state index in [1.54, 1.807) is 18.5 Å². The van der Waals surface area contributed by atoms with E-state index in [1.807, 2.05) is 30.7 Å². The third-order valence-corrected chi connectivity index (χ3v) is 6.64. The van der Waals surface area contributed by atoms with E-state index in [2.05, 4.69) is 24.0 Å². The third-order valence-electron chi connectivity index (χ3n) is 6.64. The molecule has 32 heavy (non-hydrogen) atoms. The predicted molar refractivity (Wildman–Crippen MR) is 119 cm³/mol. The molecule has 0 aliphatic carbocycles. The fraction of sp³-hybridized carbons (Fsp3) is 0.308. The zero-order valence-corrected chi connectivity index (χ0v) is 18.7.